The van der Waals surface area contributed by atoms with E-state index in [1.165, 1.54) is 0 Å². The van der Waals surface area contributed by atoms with Crippen molar-refractivity contribution < 1.29 is 74.6 Å². The van der Waals surface area contributed by atoms with E-state index in [2.05, 4.69) is 0 Å². The summed E-state index contributed by atoms with van der Waals surface area (Å²) in [5, 5.41) is 0. The Bertz CT molecular complexity index is 478. The van der Waals surface area contributed by atoms with Crippen LogP contribution in [0.5, 0.6) is 0 Å². The maximum Gasteiger partial charge on any atom is 0.431 e. The molecule has 0 spiro atoms. The van der Waals surface area contributed by atoms with E-state index >= 15 is 0 Å². The molecular weight excluding hydrogens is 582 g/mol. The fourth-order valence-electron chi connectivity index (χ4n) is 2.05. The van der Waals surface area contributed by atoms with Crippen LogP contribution in [0.3, 0.4) is 0 Å². The van der Waals surface area contributed by atoms with Crippen molar-refractivity contribution in [2.45, 2.75) is 59.0 Å². The molecule has 0 bridgehead atoms. The molecule has 1 unspecified atom stereocenters. The van der Waals surface area contributed by atoms with Crippen LogP contribution in [0.4, 0.5) is 74.6 Å². The smallest absolute Gasteiger partial charge is 0.240 e. The molecule has 176 valence electrons. The molecule has 0 N–H and O–H groups in total. The first-order valence-electron chi connectivity index (χ1n) is 6.58. The Morgan fingerprint density at radius 1 is 0.483 bits per heavy atom. The van der Waals surface area contributed by atoms with Crippen molar-refractivity contribution in [3.05, 3.63) is 0 Å². The summed E-state index contributed by atoms with van der Waals surface area (Å²) in [7, 11) is 0. The van der Waals surface area contributed by atoms with Crippen LogP contribution < -0.4 is 0 Å². The fraction of sp³-hybridized carbons (Fsp3) is 1.00. The Hall–Kier alpha value is -0.460. The van der Waals surface area contributed by atoms with Gasteiger partial charge in [0.05, 0.1) is 0 Å². The number of rotatable bonds is 6. The van der Waals surface area contributed by atoms with Crippen molar-refractivity contribution in [1.29, 1.82) is 0 Å². The first kappa shape index (κ1) is 28.5. The minimum absolute atomic E-state index is 0.374. The first-order valence-corrected chi connectivity index (χ1v) is 7.66. The Labute approximate surface area is 162 Å². The molecule has 18 heteroatoms. The number of alkyl halides is 18. The molecule has 0 heterocycles. The maximum absolute atomic E-state index is 13.6. The van der Waals surface area contributed by atoms with E-state index in [1.54, 1.807) is 0 Å². The molecule has 0 aromatic carbocycles. The molecule has 1 atom stereocenters. The summed E-state index contributed by atoms with van der Waals surface area (Å²) in [6.07, 6.45) is -40.6. The van der Waals surface area contributed by atoms with Crippen LogP contribution in [-0.4, -0.2) is 46.1 Å². The lowest BCUT2D eigenvalue weighted by Crippen LogP contribution is -2.59. The summed E-state index contributed by atoms with van der Waals surface area (Å²) < 4.78 is 211. The molecule has 0 saturated heterocycles. The highest BCUT2D eigenvalue weighted by atomic mass is 127. The fourth-order valence-corrected chi connectivity index (χ4v) is 2.56. The van der Waals surface area contributed by atoms with Gasteiger partial charge in [0.1, 0.15) is 0 Å². The Morgan fingerprint density at radius 3 is 0.828 bits per heavy atom. The van der Waals surface area contributed by atoms with Gasteiger partial charge in [0.2, 0.25) is 0 Å². The van der Waals surface area contributed by atoms with Crippen molar-refractivity contribution in [3.8, 4) is 0 Å². The largest absolute Gasteiger partial charge is 0.431 e. The van der Waals surface area contributed by atoms with Crippen molar-refractivity contribution in [3.63, 3.8) is 0 Å². The van der Waals surface area contributed by atoms with Crippen molar-refractivity contribution >= 4 is 22.6 Å². The summed E-state index contributed by atoms with van der Waals surface area (Å²) in [4.78, 5) is 0. The highest BCUT2D eigenvalue weighted by Crippen LogP contribution is 2.56. The minimum Gasteiger partial charge on any atom is -0.240 e. The van der Waals surface area contributed by atoms with Crippen molar-refractivity contribution in [2.24, 2.45) is 5.92 Å². The van der Waals surface area contributed by atoms with Gasteiger partial charge in [-0.1, -0.05) is 0 Å². The quantitative estimate of drug-likeness (QED) is 0.172. The molecule has 0 aliphatic carbocycles. The zero-order valence-electron chi connectivity index (χ0n) is 12.9. The predicted octanol–water partition coefficient (Wildman–Crippen LogP) is 7.41. The Morgan fingerprint density at radius 2 is 0.690 bits per heavy atom. The average molecular weight is 588 g/mol. The Kier molecular flexibility index (Phi) is 7.78. The highest BCUT2D eigenvalue weighted by molar-refractivity contribution is 14.1. The molecule has 0 aromatic heterocycles. The molecule has 0 nitrogen and oxygen atoms in total. The van der Waals surface area contributed by atoms with Crippen LogP contribution in [0.15, 0.2) is 0 Å². The second-order valence-electron chi connectivity index (χ2n) is 5.71. The summed E-state index contributed by atoms with van der Waals surface area (Å²) in [6.45, 7) is 0. The van der Waals surface area contributed by atoms with Crippen molar-refractivity contribution in [2.75, 3.05) is 0 Å². The predicted molar refractivity (Wildman–Crippen MR) is 68.5 cm³/mol. The first-order chi connectivity index (χ1) is 12.2. The monoisotopic (exact) mass is 588 g/mol. The van der Waals surface area contributed by atoms with Gasteiger partial charge in [-0.25, -0.2) is 13.2 Å². The van der Waals surface area contributed by atoms with Crippen molar-refractivity contribution in [1.82, 2.24) is 0 Å². The second-order valence-corrected chi connectivity index (χ2v) is 7.14. The average Bonchev–Trinajstić information content (AvgIpc) is 2.39. The van der Waals surface area contributed by atoms with Crippen LogP contribution in [0, 0.1) is 5.92 Å². The van der Waals surface area contributed by atoms with Gasteiger partial charge < -0.3 is 0 Å². The van der Waals surface area contributed by atoms with Gasteiger partial charge in [-0.15, -0.1) is 0 Å². The summed E-state index contributed by atoms with van der Waals surface area (Å²) >= 11 is -0.374. The second kappa shape index (κ2) is 7.90. The molecule has 29 heavy (non-hydrogen) atoms. The molecule has 0 amide bonds. The molecule has 0 aliphatic heterocycles. The summed E-state index contributed by atoms with van der Waals surface area (Å²) in [5.41, 5.74) is -13.4. The molecular formula is C11H6F17I. The third-order valence-corrected chi connectivity index (χ3v) is 4.21. The van der Waals surface area contributed by atoms with Crippen LogP contribution >= 0.6 is 22.6 Å². The highest BCUT2D eigenvalue weighted by Gasteiger charge is 2.77. The minimum atomic E-state index is -7.13. The zero-order valence-corrected chi connectivity index (χ0v) is 15.0. The van der Waals surface area contributed by atoms with Crippen LogP contribution in [0.1, 0.15) is 12.8 Å². The van der Waals surface area contributed by atoms with Gasteiger partial charge >= 0.3 is 28.6 Å². The van der Waals surface area contributed by atoms with Gasteiger partial charge in [0.15, 0.2) is 6.17 Å². The lowest BCUT2D eigenvalue weighted by molar-refractivity contribution is -0.359. The molecule has 0 aliphatic rings. The number of hydrogen-bond donors (Lipinski definition) is 0. The topological polar surface area (TPSA) is 0 Å². The van der Waals surface area contributed by atoms with E-state index in [9.17, 15) is 74.6 Å². The standard InChI is InChI=1S/C11H6F17I/c12-4(7(15,16)29)3(1-5(13,8(17,18)19)9(20,21)22)2-6(14,10(23,24)25)11(26,27)28/h3-4H,1-2H2. The number of halogens is 18. The van der Waals surface area contributed by atoms with E-state index in [0.717, 1.165) is 0 Å². The summed E-state index contributed by atoms with van der Waals surface area (Å²) in [5.74, 6) is -4.36. The SMILES string of the molecule is FC(C(CC(F)(C(F)(F)F)C(F)(F)F)CC(F)(C(F)(F)F)C(F)(F)F)C(F)(F)I. The molecule has 0 radical (unpaired) electrons. The van der Waals surface area contributed by atoms with E-state index in [-0.39, 0.29) is 22.6 Å². The van der Waals surface area contributed by atoms with Crippen LogP contribution in [-0.2, 0) is 0 Å². The molecule has 0 saturated carbocycles. The van der Waals surface area contributed by atoms with E-state index in [4.69, 9.17) is 0 Å². The third kappa shape index (κ3) is 5.82. The van der Waals surface area contributed by atoms with E-state index in [1.807, 2.05) is 0 Å². The Balaban J connectivity index is 6.56. The normalized spacial score (nSPS) is 17.1. The molecule has 0 aromatic rings. The lowest BCUT2D eigenvalue weighted by atomic mass is 9.80. The van der Waals surface area contributed by atoms with Gasteiger partial charge in [-0.3, -0.25) is 0 Å². The summed E-state index contributed by atoms with van der Waals surface area (Å²) in [6, 6.07) is 0. The van der Waals surface area contributed by atoms with Crippen LogP contribution in [0.25, 0.3) is 0 Å². The molecule has 0 rings (SSSR count). The van der Waals surface area contributed by atoms with Crippen LogP contribution in [0.2, 0.25) is 0 Å². The van der Waals surface area contributed by atoms with E-state index < -0.39 is 64.9 Å². The van der Waals surface area contributed by atoms with Gasteiger partial charge in [-0.05, 0) is 0 Å². The van der Waals surface area contributed by atoms with E-state index in [0.29, 0.717) is 0 Å². The van der Waals surface area contributed by atoms with Gasteiger partial charge in [0, 0.05) is 41.4 Å². The zero-order chi connectivity index (χ0) is 24.1. The lowest BCUT2D eigenvalue weighted by Gasteiger charge is -2.38. The maximum atomic E-state index is 13.6. The van der Waals surface area contributed by atoms with Gasteiger partial charge in [-0.2, -0.15) is 61.5 Å². The number of hydrogen-bond acceptors (Lipinski definition) is 0. The molecule has 0 fully saturated rings. The third-order valence-electron chi connectivity index (χ3n) is 3.61. The van der Waals surface area contributed by atoms with Gasteiger partial charge in [0.25, 0.3) is 11.3 Å².